The van der Waals surface area contributed by atoms with E-state index >= 15 is 0 Å². The van der Waals surface area contributed by atoms with Gasteiger partial charge in [0.1, 0.15) is 11.9 Å². The van der Waals surface area contributed by atoms with Crippen molar-refractivity contribution in [3.8, 4) is 5.75 Å². The summed E-state index contributed by atoms with van der Waals surface area (Å²) in [5.41, 5.74) is 1.10. The van der Waals surface area contributed by atoms with Gasteiger partial charge in [0.15, 0.2) is 5.96 Å². The van der Waals surface area contributed by atoms with Crippen LogP contribution in [0, 0.1) is 6.92 Å². The normalized spacial score (nSPS) is 12.7. The van der Waals surface area contributed by atoms with Crippen molar-refractivity contribution in [2.45, 2.75) is 32.8 Å². The van der Waals surface area contributed by atoms with E-state index in [9.17, 15) is 0 Å². The molecule has 0 bridgehead atoms. The molecule has 0 fully saturated rings. The van der Waals surface area contributed by atoms with Crippen molar-refractivity contribution in [3.05, 3.63) is 45.4 Å². The van der Waals surface area contributed by atoms with Crippen LogP contribution in [0.25, 0.3) is 0 Å². The van der Waals surface area contributed by atoms with E-state index in [1.54, 1.807) is 18.4 Å². The zero-order chi connectivity index (χ0) is 18.1. The number of halogens is 1. The largest absolute Gasteiger partial charge is 0.489 e. The number of ether oxygens (including phenoxy) is 1. The first kappa shape index (κ1) is 19.5. The molecular formula is C18H25ClN4OS. The van der Waals surface area contributed by atoms with E-state index in [1.807, 2.05) is 38.1 Å². The van der Waals surface area contributed by atoms with Crippen LogP contribution >= 0.6 is 22.9 Å². The number of nitrogens with zero attached hydrogens (tertiary/aromatic N) is 2. The molecule has 0 aliphatic carbocycles. The summed E-state index contributed by atoms with van der Waals surface area (Å²) in [5, 5.41) is 10.6. The summed E-state index contributed by atoms with van der Waals surface area (Å²) >= 11 is 7.60. The summed E-state index contributed by atoms with van der Waals surface area (Å²) in [7, 11) is 1.77. The van der Waals surface area contributed by atoms with Crippen LogP contribution in [0.4, 0.5) is 0 Å². The summed E-state index contributed by atoms with van der Waals surface area (Å²) in [4.78, 5) is 8.71. The van der Waals surface area contributed by atoms with Crippen molar-refractivity contribution in [2.24, 2.45) is 4.99 Å². The number of aryl methyl sites for hydroxylation is 2. The number of hydrogen-bond donors (Lipinski definition) is 2. The Kier molecular flexibility index (Phi) is 8.01. The molecule has 0 saturated carbocycles. The number of guanidine groups is 1. The van der Waals surface area contributed by atoms with Gasteiger partial charge in [-0.1, -0.05) is 11.6 Å². The highest BCUT2D eigenvalue weighted by Crippen LogP contribution is 2.16. The predicted octanol–water partition coefficient (Wildman–Crippen LogP) is 3.67. The predicted molar refractivity (Wildman–Crippen MR) is 106 cm³/mol. The molecule has 25 heavy (non-hydrogen) atoms. The summed E-state index contributed by atoms with van der Waals surface area (Å²) < 4.78 is 5.84. The van der Waals surface area contributed by atoms with E-state index in [0.717, 1.165) is 36.8 Å². The van der Waals surface area contributed by atoms with Crippen molar-refractivity contribution >= 4 is 28.9 Å². The maximum absolute atomic E-state index is 5.88. The molecule has 2 N–H and O–H groups in total. The molecule has 1 atom stereocenters. The average Bonchev–Trinajstić information content (AvgIpc) is 3.01. The van der Waals surface area contributed by atoms with Crippen molar-refractivity contribution in [1.82, 2.24) is 15.6 Å². The summed E-state index contributed by atoms with van der Waals surface area (Å²) in [6.45, 7) is 5.55. The minimum Gasteiger partial charge on any atom is -0.489 e. The molecule has 0 spiro atoms. The van der Waals surface area contributed by atoms with Crippen molar-refractivity contribution in [2.75, 3.05) is 20.1 Å². The summed E-state index contributed by atoms with van der Waals surface area (Å²) in [5.74, 6) is 1.59. The Bertz CT molecular complexity index is 672. The maximum Gasteiger partial charge on any atom is 0.191 e. The topological polar surface area (TPSA) is 58.5 Å². The second-order valence-electron chi connectivity index (χ2n) is 5.75. The van der Waals surface area contributed by atoms with E-state index in [2.05, 4.69) is 26.0 Å². The second kappa shape index (κ2) is 10.3. The van der Waals surface area contributed by atoms with Crippen molar-refractivity contribution in [1.29, 1.82) is 0 Å². The van der Waals surface area contributed by atoms with Gasteiger partial charge >= 0.3 is 0 Å². The molecule has 2 aromatic rings. The Balaban J connectivity index is 1.64. The Hall–Kier alpha value is -1.79. The number of rotatable bonds is 8. The van der Waals surface area contributed by atoms with Gasteiger partial charge in [-0.3, -0.25) is 4.99 Å². The molecule has 1 aromatic heterocycles. The van der Waals surface area contributed by atoms with Crippen LogP contribution in [-0.2, 0) is 6.42 Å². The summed E-state index contributed by atoms with van der Waals surface area (Å²) in [6.07, 6.45) is 2.02. The van der Waals surface area contributed by atoms with Gasteiger partial charge in [0.2, 0.25) is 0 Å². The Labute approximate surface area is 158 Å². The molecule has 0 aliphatic rings. The van der Waals surface area contributed by atoms with E-state index in [4.69, 9.17) is 16.3 Å². The lowest BCUT2D eigenvalue weighted by atomic mass is 10.3. The molecule has 0 amide bonds. The molecule has 0 radical (unpaired) electrons. The SMILES string of the molecule is CN=C(NCCCc1nc(C)cs1)NCC(C)Oc1ccc(Cl)cc1. The zero-order valence-corrected chi connectivity index (χ0v) is 16.5. The van der Waals surface area contributed by atoms with Crippen LogP contribution in [0.2, 0.25) is 5.02 Å². The third kappa shape index (κ3) is 7.32. The van der Waals surface area contributed by atoms with Crippen LogP contribution < -0.4 is 15.4 Å². The molecule has 0 saturated heterocycles. The van der Waals surface area contributed by atoms with Gasteiger partial charge in [-0.05, 0) is 44.5 Å². The van der Waals surface area contributed by atoms with Crippen molar-refractivity contribution in [3.63, 3.8) is 0 Å². The van der Waals surface area contributed by atoms with Gasteiger partial charge in [0.05, 0.1) is 11.6 Å². The Morgan fingerprint density at radius 3 is 2.72 bits per heavy atom. The van der Waals surface area contributed by atoms with E-state index in [1.165, 1.54) is 5.01 Å². The van der Waals surface area contributed by atoms with Crippen LogP contribution in [-0.4, -0.2) is 37.2 Å². The van der Waals surface area contributed by atoms with Gasteiger partial charge in [0, 0.05) is 36.1 Å². The van der Waals surface area contributed by atoms with Gasteiger partial charge < -0.3 is 15.4 Å². The molecule has 2 rings (SSSR count). The standard InChI is InChI=1S/C18H25ClN4OS/c1-13-12-25-17(23-13)5-4-10-21-18(20-3)22-11-14(2)24-16-8-6-15(19)7-9-16/h6-9,12,14H,4-5,10-11H2,1-3H3,(H2,20,21,22). The van der Waals surface area contributed by atoms with Crippen LogP contribution in [0.1, 0.15) is 24.0 Å². The molecule has 1 aromatic carbocycles. The highest BCUT2D eigenvalue weighted by Gasteiger charge is 2.06. The first-order valence-electron chi connectivity index (χ1n) is 8.34. The number of hydrogen-bond acceptors (Lipinski definition) is 4. The minimum atomic E-state index is 0.0121. The van der Waals surface area contributed by atoms with Crippen LogP contribution in [0.5, 0.6) is 5.75 Å². The summed E-state index contributed by atoms with van der Waals surface area (Å²) in [6, 6.07) is 7.38. The van der Waals surface area contributed by atoms with Gasteiger partial charge in [0.25, 0.3) is 0 Å². The first-order valence-corrected chi connectivity index (χ1v) is 9.60. The fraction of sp³-hybridized carbons (Fsp3) is 0.444. The van der Waals surface area contributed by atoms with Gasteiger partial charge in [-0.2, -0.15) is 0 Å². The second-order valence-corrected chi connectivity index (χ2v) is 7.13. The highest BCUT2D eigenvalue weighted by molar-refractivity contribution is 7.09. The molecule has 1 unspecified atom stereocenters. The van der Waals surface area contributed by atoms with Gasteiger partial charge in [-0.25, -0.2) is 4.98 Å². The van der Waals surface area contributed by atoms with Crippen molar-refractivity contribution < 1.29 is 4.74 Å². The zero-order valence-electron chi connectivity index (χ0n) is 14.9. The number of aliphatic imine (C=N–C) groups is 1. The lowest BCUT2D eigenvalue weighted by Gasteiger charge is -2.17. The molecular weight excluding hydrogens is 356 g/mol. The average molecular weight is 381 g/mol. The first-order chi connectivity index (χ1) is 12.1. The Morgan fingerprint density at radius 2 is 2.08 bits per heavy atom. The number of thiazole rings is 1. The lowest BCUT2D eigenvalue weighted by Crippen LogP contribution is -2.42. The molecule has 1 heterocycles. The fourth-order valence-corrected chi connectivity index (χ4v) is 3.16. The number of nitrogens with one attached hydrogen (secondary N) is 2. The fourth-order valence-electron chi connectivity index (χ4n) is 2.21. The maximum atomic E-state index is 5.88. The highest BCUT2D eigenvalue weighted by atomic mass is 35.5. The van der Waals surface area contributed by atoms with E-state index in [-0.39, 0.29) is 6.10 Å². The minimum absolute atomic E-state index is 0.0121. The molecule has 0 aliphatic heterocycles. The molecule has 136 valence electrons. The van der Waals surface area contributed by atoms with Crippen LogP contribution in [0.15, 0.2) is 34.6 Å². The quantitative estimate of drug-likeness (QED) is 0.416. The third-order valence-electron chi connectivity index (χ3n) is 3.46. The number of benzene rings is 1. The van der Waals surface area contributed by atoms with Gasteiger partial charge in [-0.15, -0.1) is 11.3 Å². The lowest BCUT2D eigenvalue weighted by molar-refractivity contribution is 0.224. The third-order valence-corrected chi connectivity index (χ3v) is 4.74. The van der Waals surface area contributed by atoms with Crippen LogP contribution in [0.3, 0.4) is 0 Å². The Morgan fingerprint density at radius 1 is 1.32 bits per heavy atom. The number of aromatic nitrogens is 1. The monoisotopic (exact) mass is 380 g/mol. The smallest absolute Gasteiger partial charge is 0.191 e. The van der Waals surface area contributed by atoms with E-state index in [0.29, 0.717) is 11.6 Å². The molecule has 5 nitrogen and oxygen atoms in total. The van der Waals surface area contributed by atoms with E-state index < -0.39 is 0 Å². The molecule has 7 heteroatoms.